The number of hydrogen-bond acceptors (Lipinski definition) is 3. The van der Waals surface area contributed by atoms with Gasteiger partial charge in [0.15, 0.2) is 5.82 Å². The van der Waals surface area contributed by atoms with E-state index < -0.39 is 11.7 Å². The fraction of sp³-hybridized carbons (Fsp3) is 0.143. The molecule has 0 fully saturated rings. The summed E-state index contributed by atoms with van der Waals surface area (Å²) in [6.07, 6.45) is 1.55. The molecule has 0 radical (unpaired) electrons. The summed E-state index contributed by atoms with van der Waals surface area (Å²) < 4.78 is 13.7. The lowest BCUT2D eigenvalue weighted by Crippen LogP contribution is -2.14. The van der Waals surface area contributed by atoms with Gasteiger partial charge in [0, 0.05) is 6.54 Å². The lowest BCUT2D eigenvalue weighted by atomic mass is 10.2. The first-order chi connectivity index (χ1) is 9.61. The number of rotatable bonds is 4. The molecule has 0 atom stereocenters. The number of pyridine rings is 1. The molecule has 0 aliphatic carbocycles. The number of anilines is 2. The minimum Gasteiger partial charge on any atom is -0.384 e. The van der Waals surface area contributed by atoms with Crippen molar-refractivity contribution in [2.45, 2.75) is 6.92 Å². The van der Waals surface area contributed by atoms with E-state index in [0.29, 0.717) is 0 Å². The quantitative estimate of drug-likeness (QED) is 0.906. The molecule has 0 bridgehead atoms. The Hall–Kier alpha value is -2.14. The third-order valence-electron chi connectivity index (χ3n) is 2.58. The molecular weight excluding hydrogens is 281 g/mol. The van der Waals surface area contributed by atoms with Crippen LogP contribution in [0.2, 0.25) is 5.02 Å². The molecule has 0 aliphatic rings. The van der Waals surface area contributed by atoms with Gasteiger partial charge in [0.2, 0.25) is 0 Å². The Morgan fingerprint density at radius 2 is 2.15 bits per heavy atom. The topological polar surface area (TPSA) is 54.0 Å². The molecule has 0 spiro atoms. The van der Waals surface area contributed by atoms with E-state index in [1.165, 1.54) is 12.1 Å². The third-order valence-corrected chi connectivity index (χ3v) is 2.87. The number of benzene rings is 1. The highest BCUT2D eigenvalue weighted by atomic mass is 35.5. The van der Waals surface area contributed by atoms with E-state index in [-0.39, 0.29) is 16.4 Å². The summed E-state index contributed by atoms with van der Waals surface area (Å²) >= 11 is 5.65. The second-order valence-electron chi connectivity index (χ2n) is 4.02. The Morgan fingerprint density at radius 3 is 2.80 bits per heavy atom. The number of carbonyl (C=O) groups is 1. The molecule has 104 valence electrons. The molecule has 1 amide bonds. The van der Waals surface area contributed by atoms with E-state index in [0.717, 1.165) is 12.2 Å². The molecule has 0 unspecified atom stereocenters. The Kier molecular flexibility index (Phi) is 4.53. The van der Waals surface area contributed by atoms with Gasteiger partial charge >= 0.3 is 0 Å². The number of hydrogen-bond donors (Lipinski definition) is 2. The van der Waals surface area contributed by atoms with Crippen LogP contribution in [0.1, 0.15) is 17.4 Å². The summed E-state index contributed by atoms with van der Waals surface area (Å²) in [5.41, 5.74) is 1.05. The van der Waals surface area contributed by atoms with Crippen molar-refractivity contribution in [3.05, 3.63) is 53.1 Å². The molecule has 0 saturated heterocycles. The van der Waals surface area contributed by atoms with Crippen LogP contribution in [-0.4, -0.2) is 17.4 Å². The van der Waals surface area contributed by atoms with E-state index >= 15 is 0 Å². The molecule has 20 heavy (non-hydrogen) atoms. The lowest BCUT2D eigenvalue weighted by Gasteiger charge is -2.07. The Bertz CT molecular complexity index is 616. The SMILES string of the molecule is CCNc1ccc(C(=O)Nc2cccc(Cl)c2F)nc1. The molecule has 2 N–H and O–H groups in total. The molecule has 2 rings (SSSR count). The van der Waals surface area contributed by atoms with Crippen molar-refractivity contribution < 1.29 is 9.18 Å². The number of carbonyl (C=O) groups excluding carboxylic acids is 1. The van der Waals surface area contributed by atoms with E-state index in [1.807, 2.05) is 6.92 Å². The van der Waals surface area contributed by atoms with Crippen LogP contribution in [0.25, 0.3) is 0 Å². The maximum Gasteiger partial charge on any atom is 0.274 e. The molecule has 4 nitrogen and oxygen atoms in total. The van der Waals surface area contributed by atoms with Crippen molar-refractivity contribution in [2.24, 2.45) is 0 Å². The largest absolute Gasteiger partial charge is 0.384 e. The summed E-state index contributed by atoms with van der Waals surface area (Å²) in [7, 11) is 0. The van der Waals surface area contributed by atoms with Gasteiger partial charge in [0.25, 0.3) is 5.91 Å². The van der Waals surface area contributed by atoms with Gasteiger partial charge in [0.1, 0.15) is 5.69 Å². The van der Waals surface area contributed by atoms with Gasteiger partial charge in [-0.25, -0.2) is 9.37 Å². The molecule has 0 saturated carbocycles. The highest BCUT2D eigenvalue weighted by Gasteiger charge is 2.12. The molecular formula is C14H13ClFN3O. The zero-order valence-electron chi connectivity index (χ0n) is 10.8. The fourth-order valence-electron chi connectivity index (χ4n) is 1.62. The van der Waals surface area contributed by atoms with Crippen LogP contribution in [0.5, 0.6) is 0 Å². The number of nitrogens with zero attached hydrogens (tertiary/aromatic N) is 1. The van der Waals surface area contributed by atoms with Gasteiger partial charge in [-0.05, 0) is 31.2 Å². The van der Waals surface area contributed by atoms with E-state index in [9.17, 15) is 9.18 Å². The zero-order chi connectivity index (χ0) is 14.5. The normalized spacial score (nSPS) is 10.2. The van der Waals surface area contributed by atoms with Crippen LogP contribution >= 0.6 is 11.6 Å². The predicted octanol–water partition coefficient (Wildman–Crippen LogP) is 3.56. The van der Waals surface area contributed by atoms with Gasteiger partial charge in [-0.2, -0.15) is 0 Å². The molecule has 1 aromatic heterocycles. The second kappa shape index (κ2) is 6.34. The summed E-state index contributed by atoms with van der Waals surface area (Å²) in [6.45, 7) is 2.73. The standard InChI is InChI=1S/C14H13ClFN3O/c1-2-17-9-6-7-12(18-8-9)14(20)19-11-5-3-4-10(15)13(11)16/h3-8,17H,2H2,1H3,(H,19,20). The van der Waals surface area contributed by atoms with Gasteiger partial charge in [-0.15, -0.1) is 0 Å². The summed E-state index contributed by atoms with van der Waals surface area (Å²) in [5, 5.41) is 5.46. The number of halogens is 2. The van der Waals surface area contributed by atoms with Gasteiger partial charge in [-0.1, -0.05) is 17.7 Å². The minimum absolute atomic E-state index is 0.0278. The Labute approximate surface area is 121 Å². The van der Waals surface area contributed by atoms with Crippen molar-refractivity contribution in [2.75, 3.05) is 17.2 Å². The number of aromatic nitrogens is 1. The second-order valence-corrected chi connectivity index (χ2v) is 4.43. The highest BCUT2D eigenvalue weighted by Crippen LogP contribution is 2.22. The maximum atomic E-state index is 13.7. The summed E-state index contributed by atoms with van der Waals surface area (Å²) in [5.74, 6) is -1.15. The maximum absolute atomic E-state index is 13.7. The van der Waals surface area contributed by atoms with Crippen LogP contribution in [-0.2, 0) is 0 Å². The molecule has 2 aromatic rings. The fourth-order valence-corrected chi connectivity index (χ4v) is 1.80. The molecule has 0 aliphatic heterocycles. The highest BCUT2D eigenvalue weighted by molar-refractivity contribution is 6.31. The summed E-state index contributed by atoms with van der Waals surface area (Å²) in [4.78, 5) is 16.0. The Morgan fingerprint density at radius 1 is 1.35 bits per heavy atom. The molecule has 6 heteroatoms. The smallest absolute Gasteiger partial charge is 0.274 e. The van der Waals surface area contributed by atoms with Crippen molar-refractivity contribution in [3.63, 3.8) is 0 Å². The Balaban J connectivity index is 2.13. The van der Waals surface area contributed by atoms with Crippen LogP contribution in [0.3, 0.4) is 0 Å². The van der Waals surface area contributed by atoms with Gasteiger partial charge < -0.3 is 10.6 Å². The van der Waals surface area contributed by atoms with Crippen LogP contribution in [0.4, 0.5) is 15.8 Å². The minimum atomic E-state index is -0.660. The van der Waals surface area contributed by atoms with Crippen LogP contribution < -0.4 is 10.6 Å². The number of amides is 1. The average Bonchev–Trinajstić information content (AvgIpc) is 2.45. The van der Waals surface area contributed by atoms with Crippen molar-refractivity contribution in [3.8, 4) is 0 Å². The summed E-state index contributed by atoms with van der Waals surface area (Å²) in [6, 6.07) is 7.71. The van der Waals surface area contributed by atoms with E-state index in [4.69, 9.17) is 11.6 Å². The van der Waals surface area contributed by atoms with Crippen molar-refractivity contribution in [1.29, 1.82) is 0 Å². The van der Waals surface area contributed by atoms with Crippen LogP contribution in [0.15, 0.2) is 36.5 Å². The first kappa shape index (κ1) is 14.3. The van der Waals surface area contributed by atoms with E-state index in [2.05, 4.69) is 15.6 Å². The average molecular weight is 294 g/mol. The van der Waals surface area contributed by atoms with Gasteiger partial charge in [0.05, 0.1) is 22.6 Å². The predicted molar refractivity (Wildman–Crippen MR) is 77.8 cm³/mol. The number of nitrogens with one attached hydrogen (secondary N) is 2. The lowest BCUT2D eigenvalue weighted by molar-refractivity contribution is 0.102. The monoisotopic (exact) mass is 293 g/mol. The third kappa shape index (κ3) is 3.24. The molecule has 1 heterocycles. The van der Waals surface area contributed by atoms with Crippen molar-refractivity contribution >= 4 is 28.9 Å². The first-order valence-corrected chi connectivity index (χ1v) is 6.45. The zero-order valence-corrected chi connectivity index (χ0v) is 11.5. The van der Waals surface area contributed by atoms with Gasteiger partial charge in [-0.3, -0.25) is 4.79 Å². The molecule has 1 aromatic carbocycles. The first-order valence-electron chi connectivity index (χ1n) is 6.07. The van der Waals surface area contributed by atoms with Crippen LogP contribution in [0, 0.1) is 5.82 Å². The van der Waals surface area contributed by atoms with E-state index in [1.54, 1.807) is 24.4 Å². The van der Waals surface area contributed by atoms with Crippen molar-refractivity contribution in [1.82, 2.24) is 4.98 Å².